The fraction of sp³-hybridized carbons (Fsp3) is 0.304. The van der Waals surface area contributed by atoms with Crippen molar-refractivity contribution in [2.75, 3.05) is 26.2 Å². The van der Waals surface area contributed by atoms with Crippen LogP contribution in [0, 0.1) is 11.8 Å². The fourth-order valence-corrected chi connectivity index (χ4v) is 4.55. The van der Waals surface area contributed by atoms with Gasteiger partial charge in [0.2, 0.25) is 5.91 Å². The van der Waals surface area contributed by atoms with Gasteiger partial charge in [0.15, 0.2) is 0 Å². The molecule has 3 heterocycles. The lowest BCUT2D eigenvalue weighted by Crippen LogP contribution is -2.35. The minimum Gasteiger partial charge on any atom is -0.338 e. The molecule has 2 saturated heterocycles. The van der Waals surface area contributed by atoms with Gasteiger partial charge in [0, 0.05) is 49.7 Å². The first kappa shape index (κ1) is 21.2. The number of amides is 2. The Labute approximate surface area is 186 Å². The number of H-pyrrole nitrogens is 1. The van der Waals surface area contributed by atoms with E-state index in [1.54, 1.807) is 23.1 Å². The SMILES string of the molecule is O=C(/C=C/c1ccc(C(F)(F)F)cc1)N1C[C@H]2CN(C(=O)c3ccc4n[nH]nc4c3)C[C@@H]2C1. The first-order valence-electron chi connectivity index (χ1n) is 10.5. The van der Waals surface area contributed by atoms with E-state index in [-0.39, 0.29) is 23.7 Å². The van der Waals surface area contributed by atoms with E-state index < -0.39 is 11.7 Å². The number of carbonyl (C=O) groups excluding carboxylic acids is 2. The maximum Gasteiger partial charge on any atom is 0.416 e. The number of nitrogens with one attached hydrogen (secondary N) is 1. The molecule has 0 radical (unpaired) electrons. The summed E-state index contributed by atoms with van der Waals surface area (Å²) in [7, 11) is 0. The Morgan fingerprint density at radius 1 is 0.909 bits per heavy atom. The number of hydrogen-bond donors (Lipinski definition) is 1. The summed E-state index contributed by atoms with van der Waals surface area (Å²) in [5, 5.41) is 10.5. The van der Waals surface area contributed by atoms with Gasteiger partial charge in [-0.05, 0) is 42.0 Å². The summed E-state index contributed by atoms with van der Waals surface area (Å²) in [6.45, 7) is 2.25. The molecule has 2 aliphatic heterocycles. The molecule has 2 atom stereocenters. The Morgan fingerprint density at radius 2 is 1.55 bits per heavy atom. The van der Waals surface area contributed by atoms with Crippen LogP contribution in [-0.2, 0) is 11.0 Å². The number of alkyl halides is 3. The van der Waals surface area contributed by atoms with Crippen molar-refractivity contribution in [1.82, 2.24) is 25.2 Å². The predicted octanol–water partition coefficient (Wildman–Crippen LogP) is 3.22. The third-order valence-corrected chi connectivity index (χ3v) is 6.30. The molecule has 1 aromatic heterocycles. The van der Waals surface area contributed by atoms with Crippen LogP contribution in [0.1, 0.15) is 21.5 Å². The number of nitrogens with zero attached hydrogens (tertiary/aromatic N) is 4. The zero-order valence-corrected chi connectivity index (χ0v) is 17.4. The molecule has 0 bridgehead atoms. The number of halogens is 3. The molecule has 0 spiro atoms. The number of benzene rings is 2. The molecule has 7 nitrogen and oxygen atoms in total. The van der Waals surface area contributed by atoms with E-state index in [2.05, 4.69) is 15.4 Å². The Balaban J connectivity index is 1.17. The molecule has 10 heteroatoms. The van der Waals surface area contributed by atoms with Gasteiger partial charge in [-0.15, -0.1) is 0 Å². The van der Waals surface area contributed by atoms with Gasteiger partial charge in [0.25, 0.3) is 5.91 Å². The summed E-state index contributed by atoms with van der Waals surface area (Å²) < 4.78 is 38.0. The van der Waals surface area contributed by atoms with E-state index in [9.17, 15) is 22.8 Å². The van der Waals surface area contributed by atoms with Gasteiger partial charge in [-0.3, -0.25) is 9.59 Å². The first-order chi connectivity index (χ1) is 15.8. The second-order valence-electron chi connectivity index (χ2n) is 8.45. The van der Waals surface area contributed by atoms with E-state index in [1.807, 2.05) is 4.90 Å². The molecule has 1 N–H and O–H groups in total. The van der Waals surface area contributed by atoms with Crippen molar-refractivity contribution < 1.29 is 22.8 Å². The van der Waals surface area contributed by atoms with Crippen molar-refractivity contribution in [1.29, 1.82) is 0 Å². The minimum absolute atomic E-state index is 0.0608. The molecule has 5 rings (SSSR count). The molecule has 2 aliphatic rings. The molecule has 33 heavy (non-hydrogen) atoms. The van der Waals surface area contributed by atoms with Crippen molar-refractivity contribution in [3.05, 3.63) is 65.2 Å². The average molecular weight is 455 g/mol. The molecule has 0 aliphatic carbocycles. The predicted molar refractivity (Wildman–Crippen MR) is 114 cm³/mol. The van der Waals surface area contributed by atoms with E-state index in [0.29, 0.717) is 48.3 Å². The number of fused-ring (bicyclic) bond motifs is 2. The fourth-order valence-electron chi connectivity index (χ4n) is 4.55. The summed E-state index contributed by atoms with van der Waals surface area (Å²) in [6, 6.07) is 9.88. The molecule has 2 aromatic carbocycles. The number of aromatic amines is 1. The summed E-state index contributed by atoms with van der Waals surface area (Å²) in [6.07, 6.45) is -1.48. The van der Waals surface area contributed by atoms with Gasteiger partial charge in [0.1, 0.15) is 11.0 Å². The highest BCUT2D eigenvalue weighted by Crippen LogP contribution is 2.32. The van der Waals surface area contributed by atoms with Gasteiger partial charge in [-0.25, -0.2) is 0 Å². The van der Waals surface area contributed by atoms with E-state index in [0.717, 1.165) is 12.1 Å². The molecule has 3 aromatic rings. The molecule has 0 unspecified atom stereocenters. The Bertz CT molecular complexity index is 1220. The van der Waals surface area contributed by atoms with E-state index in [1.165, 1.54) is 24.3 Å². The maximum atomic E-state index is 12.9. The van der Waals surface area contributed by atoms with Crippen LogP contribution < -0.4 is 0 Å². The molecule has 170 valence electrons. The normalized spacial score (nSPS) is 20.7. The zero-order valence-electron chi connectivity index (χ0n) is 17.4. The minimum atomic E-state index is -4.39. The number of hydrogen-bond acceptors (Lipinski definition) is 4. The standard InChI is InChI=1S/C23H20F3N5O2/c24-23(25,26)18-5-1-14(2-6-18)3-8-21(32)30-10-16-12-31(13-17(16)11-30)22(33)15-4-7-19-20(9-15)28-29-27-19/h1-9,16-17H,10-13H2,(H,27,28,29)/b8-3+/t16-,17-/m0/s1. The lowest BCUT2D eigenvalue weighted by atomic mass is 10.0. The van der Waals surface area contributed by atoms with Crippen LogP contribution in [0.2, 0.25) is 0 Å². The number of likely N-dealkylation sites (tertiary alicyclic amines) is 2. The number of rotatable bonds is 3. The Morgan fingerprint density at radius 3 is 2.21 bits per heavy atom. The highest BCUT2D eigenvalue weighted by molar-refractivity contribution is 5.97. The second kappa shape index (κ2) is 8.02. The van der Waals surface area contributed by atoms with Crippen LogP contribution in [-0.4, -0.2) is 63.2 Å². The first-order valence-corrected chi connectivity index (χ1v) is 10.5. The van der Waals surface area contributed by atoms with Gasteiger partial charge in [-0.1, -0.05) is 12.1 Å². The van der Waals surface area contributed by atoms with Crippen LogP contribution in [0.5, 0.6) is 0 Å². The summed E-state index contributed by atoms with van der Waals surface area (Å²) >= 11 is 0. The largest absolute Gasteiger partial charge is 0.416 e. The van der Waals surface area contributed by atoms with E-state index in [4.69, 9.17) is 0 Å². The Kier molecular flexibility index (Phi) is 5.15. The lowest BCUT2D eigenvalue weighted by Gasteiger charge is -2.21. The Hall–Kier alpha value is -3.69. The van der Waals surface area contributed by atoms with Crippen molar-refractivity contribution >= 4 is 28.9 Å². The molecular weight excluding hydrogens is 435 g/mol. The quantitative estimate of drug-likeness (QED) is 0.615. The molecule has 2 amide bonds. The van der Waals surface area contributed by atoms with Crippen molar-refractivity contribution in [2.24, 2.45) is 11.8 Å². The van der Waals surface area contributed by atoms with Crippen LogP contribution in [0.3, 0.4) is 0 Å². The van der Waals surface area contributed by atoms with Crippen LogP contribution >= 0.6 is 0 Å². The number of carbonyl (C=O) groups is 2. The molecule has 0 saturated carbocycles. The smallest absolute Gasteiger partial charge is 0.338 e. The van der Waals surface area contributed by atoms with Crippen LogP contribution in [0.25, 0.3) is 17.1 Å². The van der Waals surface area contributed by atoms with Gasteiger partial charge in [-0.2, -0.15) is 28.6 Å². The third kappa shape index (κ3) is 4.20. The van der Waals surface area contributed by atoms with Crippen molar-refractivity contribution in [3.8, 4) is 0 Å². The molecule has 2 fully saturated rings. The van der Waals surface area contributed by atoms with Crippen molar-refractivity contribution in [2.45, 2.75) is 6.18 Å². The van der Waals surface area contributed by atoms with Crippen molar-refractivity contribution in [3.63, 3.8) is 0 Å². The number of aromatic nitrogens is 3. The van der Waals surface area contributed by atoms with Gasteiger partial charge < -0.3 is 9.80 Å². The van der Waals surface area contributed by atoms with E-state index >= 15 is 0 Å². The third-order valence-electron chi connectivity index (χ3n) is 6.30. The monoisotopic (exact) mass is 455 g/mol. The second-order valence-corrected chi connectivity index (χ2v) is 8.45. The average Bonchev–Trinajstić information content (AvgIpc) is 3.50. The zero-order chi connectivity index (χ0) is 23.2. The summed E-state index contributed by atoms with van der Waals surface area (Å²) in [4.78, 5) is 29.0. The lowest BCUT2D eigenvalue weighted by molar-refractivity contribution is -0.137. The van der Waals surface area contributed by atoms with Crippen LogP contribution in [0.15, 0.2) is 48.5 Å². The van der Waals surface area contributed by atoms with Crippen LogP contribution in [0.4, 0.5) is 13.2 Å². The summed E-state index contributed by atoms with van der Waals surface area (Å²) in [5.74, 6) is 0.161. The maximum absolute atomic E-state index is 12.9. The molecular formula is C23H20F3N5O2. The van der Waals surface area contributed by atoms with Gasteiger partial charge in [0.05, 0.1) is 5.56 Å². The topological polar surface area (TPSA) is 82.2 Å². The summed E-state index contributed by atoms with van der Waals surface area (Å²) in [5.41, 5.74) is 1.69. The highest BCUT2D eigenvalue weighted by Gasteiger charge is 2.42. The highest BCUT2D eigenvalue weighted by atomic mass is 19.4. The van der Waals surface area contributed by atoms with Gasteiger partial charge >= 0.3 is 6.18 Å².